The molecular formula is C27H27N3O3S. The van der Waals surface area contributed by atoms with E-state index < -0.39 is 10.0 Å². The minimum atomic E-state index is -3.48. The predicted molar refractivity (Wildman–Crippen MR) is 134 cm³/mol. The van der Waals surface area contributed by atoms with Crippen LogP contribution in [0.1, 0.15) is 35.1 Å². The lowest BCUT2D eigenvalue weighted by atomic mass is 10.00. The first kappa shape index (κ1) is 23.5. The molecule has 0 fully saturated rings. The molecule has 1 N–H and O–H groups in total. The Labute approximate surface area is 200 Å². The molecule has 1 aliphatic rings. The quantitative estimate of drug-likeness (QED) is 0.523. The maximum atomic E-state index is 13.0. The van der Waals surface area contributed by atoms with Crippen molar-refractivity contribution in [1.82, 2.24) is 0 Å². The summed E-state index contributed by atoms with van der Waals surface area (Å²) in [5, 5.41) is 8.92. The first-order valence-corrected chi connectivity index (χ1v) is 13.1. The number of aryl methyl sites for hydroxylation is 3. The third kappa shape index (κ3) is 6.03. The highest BCUT2D eigenvalue weighted by atomic mass is 32.2. The Bertz CT molecular complexity index is 1300. The average Bonchev–Trinajstić information content (AvgIpc) is 2.86. The first-order valence-electron chi connectivity index (χ1n) is 11.4. The highest BCUT2D eigenvalue weighted by Gasteiger charge is 2.23. The molecule has 7 heteroatoms. The number of amides is 1. The zero-order valence-electron chi connectivity index (χ0n) is 18.9. The number of nitrogens with zero attached hydrogens (tertiary/aromatic N) is 2. The van der Waals surface area contributed by atoms with Crippen LogP contribution in [0, 0.1) is 11.3 Å². The fourth-order valence-corrected chi connectivity index (χ4v) is 5.27. The van der Waals surface area contributed by atoms with Gasteiger partial charge in [0.15, 0.2) is 0 Å². The monoisotopic (exact) mass is 473 g/mol. The number of nitrogens with one attached hydrogen (secondary N) is 1. The Balaban J connectivity index is 1.39. The molecule has 0 unspecified atom stereocenters. The summed E-state index contributed by atoms with van der Waals surface area (Å²) in [6.07, 6.45) is 3.06. The first-order chi connectivity index (χ1) is 16.4. The molecule has 0 saturated heterocycles. The van der Waals surface area contributed by atoms with E-state index in [4.69, 9.17) is 5.26 Å². The second kappa shape index (κ2) is 10.5. The van der Waals surface area contributed by atoms with Crippen molar-refractivity contribution in [3.63, 3.8) is 0 Å². The van der Waals surface area contributed by atoms with Crippen molar-refractivity contribution in [3.05, 3.63) is 95.1 Å². The number of anilines is 2. The van der Waals surface area contributed by atoms with E-state index in [1.54, 1.807) is 23.1 Å². The van der Waals surface area contributed by atoms with Crippen LogP contribution in [0.5, 0.6) is 0 Å². The minimum Gasteiger partial charge on any atom is -0.312 e. The number of fused-ring (bicyclic) bond motifs is 1. The number of sulfonamides is 1. The van der Waals surface area contributed by atoms with Crippen LogP contribution in [0.4, 0.5) is 11.4 Å². The number of hydrogen-bond donors (Lipinski definition) is 1. The lowest BCUT2D eigenvalue weighted by molar-refractivity contribution is -0.118. The van der Waals surface area contributed by atoms with Crippen molar-refractivity contribution >= 4 is 27.3 Å². The van der Waals surface area contributed by atoms with Crippen molar-refractivity contribution in [2.24, 2.45) is 0 Å². The molecule has 0 aliphatic carbocycles. The van der Waals surface area contributed by atoms with E-state index in [0.29, 0.717) is 37.1 Å². The standard InChI is InChI=1S/C27H27N3O3S/c28-20-23-10-8-22(9-11-23)12-15-27(31)30-17-4-7-24-19-25(13-14-26(24)30)29-34(32,33)18-16-21-5-2-1-3-6-21/h1-3,5-6,8-11,13-14,19,29H,4,7,12,15-18H2. The van der Waals surface area contributed by atoms with Crippen molar-refractivity contribution in [1.29, 1.82) is 5.26 Å². The van der Waals surface area contributed by atoms with Gasteiger partial charge in [-0.1, -0.05) is 42.5 Å². The molecule has 3 aromatic rings. The van der Waals surface area contributed by atoms with E-state index in [2.05, 4.69) is 10.8 Å². The highest BCUT2D eigenvalue weighted by molar-refractivity contribution is 7.92. The molecule has 0 aromatic heterocycles. The van der Waals surface area contributed by atoms with Crippen molar-refractivity contribution < 1.29 is 13.2 Å². The molecule has 0 bridgehead atoms. The summed E-state index contributed by atoms with van der Waals surface area (Å²) in [5.41, 5.74) is 4.95. The SMILES string of the molecule is N#Cc1ccc(CCC(=O)N2CCCc3cc(NS(=O)(=O)CCc4ccccc4)ccc32)cc1. The molecule has 6 nitrogen and oxygen atoms in total. The van der Waals surface area contributed by atoms with Crippen LogP contribution in [-0.4, -0.2) is 26.6 Å². The van der Waals surface area contributed by atoms with Gasteiger partial charge in [-0.05, 0) is 72.7 Å². The summed E-state index contributed by atoms with van der Waals surface area (Å²) in [7, 11) is -3.48. The van der Waals surface area contributed by atoms with Gasteiger partial charge in [0.1, 0.15) is 0 Å². The molecule has 3 aromatic carbocycles. The van der Waals surface area contributed by atoms with Crippen molar-refractivity contribution in [2.45, 2.75) is 32.1 Å². The van der Waals surface area contributed by atoms with Gasteiger partial charge in [0, 0.05) is 24.3 Å². The smallest absolute Gasteiger partial charge is 0.233 e. The van der Waals surface area contributed by atoms with Gasteiger partial charge >= 0.3 is 0 Å². The Morgan fingerprint density at radius 2 is 1.71 bits per heavy atom. The van der Waals surface area contributed by atoms with Gasteiger partial charge in [0.2, 0.25) is 15.9 Å². The van der Waals surface area contributed by atoms with Gasteiger partial charge in [-0.15, -0.1) is 0 Å². The molecule has 34 heavy (non-hydrogen) atoms. The maximum absolute atomic E-state index is 13.0. The Kier molecular flexibility index (Phi) is 7.29. The lowest BCUT2D eigenvalue weighted by Crippen LogP contribution is -2.35. The van der Waals surface area contributed by atoms with E-state index in [0.717, 1.165) is 35.2 Å². The number of benzene rings is 3. The van der Waals surface area contributed by atoms with Crippen LogP contribution >= 0.6 is 0 Å². The number of carbonyl (C=O) groups excluding carboxylic acids is 1. The fraction of sp³-hybridized carbons (Fsp3) is 0.259. The van der Waals surface area contributed by atoms with E-state index >= 15 is 0 Å². The zero-order valence-corrected chi connectivity index (χ0v) is 19.7. The van der Waals surface area contributed by atoms with Crippen LogP contribution < -0.4 is 9.62 Å². The van der Waals surface area contributed by atoms with Crippen LogP contribution in [0.3, 0.4) is 0 Å². The van der Waals surface area contributed by atoms with Crippen LogP contribution in [0.25, 0.3) is 0 Å². The summed E-state index contributed by atoms with van der Waals surface area (Å²) in [6, 6.07) is 24.3. The second-order valence-corrected chi connectivity index (χ2v) is 10.3. The molecule has 0 saturated carbocycles. The molecule has 1 aliphatic heterocycles. The highest BCUT2D eigenvalue weighted by Crippen LogP contribution is 2.31. The third-order valence-electron chi connectivity index (χ3n) is 5.99. The summed E-state index contributed by atoms with van der Waals surface area (Å²) in [6.45, 7) is 0.654. The zero-order chi connectivity index (χ0) is 24.0. The summed E-state index contributed by atoms with van der Waals surface area (Å²) < 4.78 is 27.8. The normalized spacial score (nSPS) is 13.1. The molecule has 1 heterocycles. The van der Waals surface area contributed by atoms with Crippen LogP contribution in [0.15, 0.2) is 72.8 Å². The molecular weight excluding hydrogens is 446 g/mol. The van der Waals surface area contributed by atoms with E-state index in [9.17, 15) is 13.2 Å². The number of hydrogen-bond acceptors (Lipinski definition) is 4. The molecule has 1 amide bonds. The maximum Gasteiger partial charge on any atom is 0.233 e. The summed E-state index contributed by atoms with van der Waals surface area (Å²) in [4.78, 5) is 14.8. The van der Waals surface area contributed by atoms with Gasteiger partial charge in [-0.3, -0.25) is 9.52 Å². The number of rotatable bonds is 8. The fourth-order valence-electron chi connectivity index (χ4n) is 4.18. The Hall–Kier alpha value is -3.63. The molecule has 174 valence electrons. The minimum absolute atomic E-state index is 0.00799. The van der Waals surface area contributed by atoms with E-state index in [1.807, 2.05) is 54.6 Å². The largest absolute Gasteiger partial charge is 0.312 e. The number of carbonyl (C=O) groups is 1. The van der Waals surface area contributed by atoms with Crippen LogP contribution in [-0.2, 0) is 34.1 Å². The van der Waals surface area contributed by atoms with Gasteiger partial charge < -0.3 is 4.90 Å². The Morgan fingerprint density at radius 1 is 0.971 bits per heavy atom. The van der Waals surface area contributed by atoms with Gasteiger partial charge in [-0.25, -0.2) is 8.42 Å². The van der Waals surface area contributed by atoms with Gasteiger partial charge in [0.25, 0.3) is 0 Å². The second-order valence-electron chi connectivity index (χ2n) is 8.46. The average molecular weight is 474 g/mol. The topological polar surface area (TPSA) is 90.3 Å². The molecule has 0 atom stereocenters. The molecule has 4 rings (SSSR count). The Morgan fingerprint density at radius 3 is 2.44 bits per heavy atom. The van der Waals surface area contributed by atoms with E-state index in [1.165, 1.54) is 0 Å². The van der Waals surface area contributed by atoms with E-state index in [-0.39, 0.29) is 11.7 Å². The molecule has 0 spiro atoms. The third-order valence-corrected chi connectivity index (χ3v) is 7.27. The predicted octanol–water partition coefficient (Wildman–Crippen LogP) is 4.45. The van der Waals surface area contributed by atoms with Crippen LogP contribution in [0.2, 0.25) is 0 Å². The van der Waals surface area contributed by atoms with Crippen molar-refractivity contribution in [3.8, 4) is 6.07 Å². The summed E-state index contributed by atoms with van der Waals surface area (Å²) in [5.74, 6) is 0.0510. The van der Waals surface area contributed by atoms with Gasteiger partial charge in [0.05, 0.1) is 17.4 Å². The molecule has 0 radical (unpaired) electrons. The number of nitriles is 1. The summed E-state index contributed by atoms with van der Waals surface area (Å²) >= 11 is 0. The lowest BCUT2D eigenvalue weighted by Gasteiger charge is -2.30. The van der Waals surface area contributed by atoms with Gasteiger partial charge in [-0.2, -0.15) is 5.26 Å². The van der Waals surface area contributed by atoms with Crippen molar-refractivity contribution in [2.75, 3.05) is 21.9 Å².